The summed E-state index contributed by atoms with van der Waals surface area (Å²) >= 11 is 0. The van der Waals surface area contributed by atoms with Crippen LogP contribution in [-0.2, 0) is 4.74 Å². The van der Waals surface area contributed by atoms with E-state index in [-0.39, 0.29) is 6.10 Å². The van der Waals surface area contributed by atoms with E-state index in [1.165, 1.54) is 22.3 Å². The lowest BCUT2D eigenvalue weighted by molar-refractivity contribution is 0.140. The van der Waals surface area contributed by atoms with Crippen LogP contribution in [0.3, 0.4) is 0 Å². The molecule has 1 heterocycles. The van der Waals surface area contributed by atoms with Gasteiger partial charge in [0.1, 0.15) is 6.33 Å². The van der Waals surface area contributed by atoms with Crippen LogP contribution < -0.4 is 0 Å². The lowest BCUT2D eigenvalue weighted by Crippen LogP contribution is -2.15. The first-order valence-electron chi connectivity index (χ1n) is 6.24. The van der Waals surface area contributed by atoms with Gasteiger partial charge >= 0.3 is 0 Å². The highest BCUT2D eigenvalue weighted by atomic mass is 16.5. The fraction of sp³-hybridized carbons (Fsp3) is 0.467. The van der Waals surface area contributed by atoms with Gasteiger partial charge in [-0.3, -0.25) is 0 Å². The molecular weight excluding hydrogens is 224 g/mol. The molecule has 1 aliphatic rings. The van der Waals surface area contributed by atoms with Crippen LogP contribution in [-0.4, -0.2) is 23.2 Å². The van der Waals surface area contributed by atoms with E-state index in [0.29, 0.717) is 0 Å². The molecule has 3 heteroatoms. The molecule has 0 saturated heterocycles. The highest BCUT2D eigenvalue weighted by molar-refractivity contribution is 5.83. The number of ether oxygens (including phenoxy) is 1. The summed E-state index contributed by atoms with van der Waals surface area (Å²) in [6.45, 7) is 8.39. The van der Waals surface area contributed by atoms with Gasteiger partial charge in [-0.05, 0) is 45.3 Å². The summed E-state index contributed by atoms with van der Waals surface area (Å²) in [5.41, 5.74) is 7.16. The van der Waals surface area contributed by atoms with Gasteiger partial charge < -0.3 is 4.74 Å². The van der Waals surface area contributed by atoms with Gasteiger partial charge in [-0.15, -0.1) is 0 Å². The number of nitrogens with zero attached hydrogens (tertiary/aromatic N) is 2. The summed E-state index contributed by atoms with van der Waals surface area (Å²) < 4.78 is 5.43. The third kappa shape index (κ3) is 2.23. The first kappa shape index (κ1) is 13.0. The van der Waals surface area contributed by atoms with Crippen molar-refractivity contribution in [3.63, 3.8) is 0 Å². The maximum atomic E-state index is 5.43. The highest BCUT2D eigenvalue weighted by Crippen LogP contribution is 2.35. The Balaban J connectivity index is 2.55. The molecule has 0 aromatic carbocycles. The minimum Gasteiger partial charge on any atom is -0.377 e. The van der Waals surface area contributed by atoms with E-state index in [2.05, 4.69) is 29.9 Å². The summed E-state index contributed by atoms with van der Waals surface area (Å²) in [6.07, 6.45) is 4.95. The zero-order valence-corrected chi connectivity index (χ0v) is 11.7. The maximum Gasteiger partial charge on any atom is 0.115 e. The minimum atomic E-state index is 0.194. The Kier molecular flexibility index (Phi) is 3.62. The summed E-state index contributed by atoms with van der Waals surface area (Å²) in [7, 11) is 1.76. The van der Waals surface area contributed by atoms with Crippen LogP contribution in [0.4, 0.5) is 0 Å². The van der Waals surface area contributed by atoms with Gasteiger partial charge in [-0.2, -0.15) is 0 Å². The van der Waals surface area contributed by atoms with Gasteiger partial charge in [0, 0.05) is 24.1 Å². The van der Waals surface area contributed by atoms with Crippen molar-refractivity contribution in [2.75, 3.05) is 7.11 Å². The average molecular weight is 244 g/mol. The topological polar surface area (TPSA) is 35.0 Å². The Morgan fingerprint density at radius 1 is 1.11 bits per heavy atom. The normalized spacial score (nSPS) is 20.1. The van der Waals surface area contributed by atoms with Gasteiger partial charge in [0.25, 0.3) is 0 Å². The van der Waals surface area contributed by atoms with Gasteiger partial charge in [0.2, 0.25) is 0 Å². The van der Waals surface area contributed by atoms with E-state index < -0.39 is 0 Å². The van der Waals surface area contributed by atoms with Crippen LogP contribution in [0.15, 0.2) is 23.5 Å². The van der Waals surface area contributed by atoms with E-state index in [9.17, 15) is 0 Å². The third-order valence-corrected chi connectivity index (χ3v) is 3.54. The molecule has 1 unspecified atom stereocenters. The van der Waals surface area contributed by atoms with Crippen molar-refractivity contribution in [3.05, 3.63) is 40.5 Å². The van der Waals surface area contributed by atoms with Crippen molar-refractivity contribution in [2.24, 2.45) is 0 Å². The van der Waals surface area contributed by atoms with E-state index in [4.69, 9.17) is 4.74 Å². The van der Waals surface area contributed by atoms with E-state index in [0.717, 1.165) is 17.8 Å². The number of methoxy groups -OCH3 is 1. The molecule has 0 fully saturated rings. The molecule has 0 aliphatic heterocycles. The Hall–Kier alpha value is -1.48. The fourth-order valence-electron chi connectivity index (χ4n) is 2.68. The minimum absolute atomic E-state index is 0.194. The predicted molar refractivity (Wildman–Crippen MR) is 73.3 cm³/mol. The van der Waals surface area contributed by atoms with Crippen LogP contribution in [0.1, 0.15) is 37.2 Å². The third-order valence-electron chi connectivity index (χ3n) is 3.54. The van der Waals surface area contributed by atoms with Gasteiger partial charge in [0.15, 0.2) is 0 Å². The number of hydrogen-bond acceptors (Lipinski definition) is 3. The summed E-state index contributed by atoms with van der Waals surface area (Å²) in [6, 6.07) is 0. The van der Waals surface area contributed by atoms with Gasteiger partial charge in [0.05, 0.1) is 6.10 Å². The van der Waals surface area contributed by atoms with Crippen LogP contribution in [0.5, 0.6) is 0 Å². The van der Waals surface area contributed by atoms with E-state index in [1.807, 2.05) is 13.8 Å². The molecule has 1 atom stereocenters. The van der Waals surface area contributed by atoms with Crippen molar-refractivity contribution >= 4 is 5.57 Å². The second-order valence-electron chi connectivity index (χ2n) is 4.90. The van der Waals surface area contributed by atoms with Crippen LogP contribution in [0, 0.1) is 13.8 Å². The van der Waals surface area contributed by atoms with E-state index in [1.54, 1.807) is 13.4 Å². The quantitative estimate of drug-likeness (QED) is 0.801. The molecule has 3 nitrogen and oxygen atoms in total. The predicted octanol–water partition coefficient (Wildman–Crippen LogP) is 3.23. The SMILES string of the molecule is COC1C=C(C)C(c2c(C)ncnc2C)=C(C)C1. The lowest BCUT2D eigenvalue weighted by Gasteiger charge is -2.24. The number of rotatable bonds is 2. The molecular formula is C15H20N2O. The Morgan fingerprint density at radius 3 is 2.22 bits per heavy atom. The van der Waals surface area contributed by atoms with Crippen LogP contribution in [0.25, 0.3) is 5.57 Å². The van der Waals surface area contributed by atoms with Crippen molar-refractivity contribution in [1.29, 1.82) is 0 Å². The smallest absolute Gasteiger partial charge is 0.115 e. The first-order valence-corrected chi connectivity index (χ1v) is 6.24. The van der Waals surface area contributed by atoms with Crippen molar-refractivity contribution < 1.29 is 4.74 Å². The second-order valence-corrected chi connectivity index (χ2v) is 4.90. The molecule has 0 radical (unpaired) electrons. The molecule has 1 aliphatic carbocycles. The fourth-order valence-corrected chi connectivity index (χ4v) is 2.68. The molecule has 0 bridgehead atoms. The zero-order chi connectivity index (χ0) is 13.3. The summed E-state index contributed by atoms with van der Waals surface area (Å²) in [4.78, 5) is 8.64. The van der Waals surface area contributed by atoms with Crippen molar-refractivity contribution in [1.82, 2.24) is 9.97 Å². The zero-order valence-electron chi connectivity index (χ0n) is 11.7. The monoisotopic (exact) mass is 244 g/mol. The molecule has 1 aromatic heterocycles. The van der Waals surface area contributed by atoms with Gasteiger partial charge in [-0.25, -0.2) is 9.97 Å². The Labute approximate surface area is 109 Å². The summed E-state index contributed by atoms with van der Waals surface area (Å²) in [5.74, 6) is 0. The number of aromatic nitrogens is 2. The van der Waals surface area contributed by atoms with Crippen LogP contribution in [0.2, 0.25) is 0 Å². The Bertz CT molecular complexity index is 509. The average Bonchev–Trinajstić information content (AvgIpc) is 2.31. The molecule has 0 saturated carbocycles. The molecule has 18 heavy (non-hydrogen) atoms. The molecule has 0 N–H and O–H groups in total. The molecule has 2 rings (SSSR count). The maximum absolute atomic E-state index is 5.43. The number of hydrogen-bond donors (Lipinski definition) is 0. The lowest BCUT2D eigenvalue weighted by atomic mass is 9.85. The highest BCUT2D eigenvalue weighted by Gasteiger charge is 2.21. The first-order chi connectivity index (χ1) is 8.54. The number of aryl methyl sites for hydroxylation is 2. The van der Waals surface area contributed by atoms with Gasteiger partial charge in [-0.1, -0.05) is 11.6 Å². The van der Waals surface area contributed by atoms with Crippen molar-refractivity contribution in [3.8, 4) is 0 Å². The largest absolute Gasteiger partial charge is 0.377 e. The molecule has 0 spiro atoms. The standard InChI is InChI=1S/C15H20N2O/c1-9-6-13(18-5)7-10(2)14(9)15-11(3)16-8-17-12(15)4/h6,8,13H,7H2,1-5H3. The molecule has 1 aromatic rings. The Morgan fingerprint density at radius 2 is 1.72 bits per heavy atom. The molecule has 96 valence electrons. The number of allylic oxidation sites excluding steroid dienone is 2. The molecule has 0 amide bonds. The second kappa shape index (κ2) is 5.02. The van der Waals surface area contributed by atoms with Crippen LogP contribution >= 0.6 is 0 Å². The van der Waals surface area contributed by atoms with E-state index >= 15 is 0 Å². The van der Waals surface area contributed by atoms with Crippen molar-refractivity contribution in [2.45, 2.75) is 40.2 Å². The summed E-state index contributed by atoms with van der Waals surface area (Å²) in [5, 5.41) is 0.